The van der Waals surface area contributed by atoms with E-state index in [1.165, 1.54) is 11.1 Å². The van der Waals surface area contributed by atoms with E-state index in [4.69, 9.17) is 0 Å². The molecule has 0 bridgehead atoms. The molecule has 14 heavy (non-hydrogen) atoms. The van der Waals surface area contributed by atoms with Crippen molar-refractivity contribution in [3.8, 4) is 0 Å². The molecule has 0 N–H and O–H groups in total. The van der Waals surface area contributed by atoms with Crippen LogP contribution < -0.4 is 0 Å². The topological polar surface area (TPSA) is 0 Å². The summed E-state index contributed by atoms with van der Waals surface area (Å²) in [6, 6.07) is 8.34. The lowest BCUT2D eigenvalue weighted by Gasteiger charge is -2.09. The van der Waals surface area contributed by atoms with E-state index in [0.717, 1.165) is 0 Å². The number of benzene rings is 1. The number of alkyl halides is 2. The summed E-state index contributed by atoms with van der Waals surface area (Å²) in [6.07, 6.45) is 3.74. The first-order chi connectivity index (χ1) is 6.69. The Labute approximate surface area is 102 Å². The highest BCUT2D eigenvalue weighted by molar-refractivity contribution is 9.09. The molecule has 0 amide bonds. The smallest absolute Gasteiger partial charge is 0.0572 e. The van der Waals surface area contributed by atoms with Gasteiger partial charge >= 0.3 is 0 Å². The molecule has 0 aliphatic carbocycles. The molecule has 1 rings (SSSR count). The predicted molar refractivity (Wildman–Crippen MR) is 70.2 cm³/mol. The Kier molecular flexibility index (Phi) is 4.63. The maximum Gasteiger partial charge on any atom is 0.0572 e. The fraction of sp³-hybridized carbons (Fsp3) is 0.167. The largest absolute Gasteiger partial charge is 0.102 e. The maximum absolute atomic E-state index is 3.75. The monoisotopic (exact) mass is 314 g/mol. The SMILES string of the molecule is C=CC(Br)c1cccc(C(Br)C=C)c1. The summed E-state index contributed by atoms with van der Waals surface area (Å²) < 4.78 is 0. The summed E-state index contributed by atoms with van der Waals surface area (Å²) >= 11 is 7.06. The Morgan fingerprint density at radius 3 is 1.79 bits per heavy atom. The molecule has 1 aromatic rings. The van der Waals surface area contributed by atoms with Crippen LogP contribution in [-0.2, 0) is 0 Å². The predicted octanol–water partition coefficient (Wildman–Crippen LogP) is 4.93. The standard InChI is InChI=1S/C12H12Br2/c1-3-11(13)9-6-5-7-10(8-9)12(14)4-2/h3-8,11-12H,1-2H2. The van der Waals surface area contributed by atoms with Crippen molar-refractivity contribution in [2.75, 3.05) is 0 Å². The molecule has 2 unspecified atom stereocenters. The van der Waals surface area contributed by atoms with Gasteiger partial charge in [0.05, 0.1) is 9.65 Å². The molecule has 0 saturated heterocycles. The Balaban J connectivity index is 3.00. The first kappa shape index (κ1) is 11.7. The molecule has 0 spiro atoms. The van der Waals surface area contributed by atoms with Crippen molar-refractivity contribution in [3.63, 3.8) is 0 Å². The van der Waals surface area contributed by atoms with Crippen molar-refractivity contribution in [2.24, 2.45) is 0 Å². The fourth-order valence-corrected chi connectivity index (χ4v) is 1.74. The first-order valence-corrected chi connectivity index (χ1v) is 6.15. The minimum Gasteiger partial charge on any atom is -0.102 e. The second-order valence-electron chi connectivity index (χ2n) is 2.95. The molecular formula is C12H12Br2. The number of allylic oxidation sites excluding steroid dienone is 2. The highest BCUT2D eigenvalue weighted by Crippen LogP contribution is 2.29. The lowest BCUT2D eigenvalue weighted by molar-refractivity contribution is 1.19. The van der Waals surface area contributed by atoms with E-state index in [1.54, 1.807) is 0 Å². The van der Waals surface area contributed by atoms with Gasteiger partial charge in [0.25, 0.3) is 0 Å². The summed E-state index contributed by atoms with van der Waals surface area (Å²) in [7, 11) is 0. The Bertz CT molecular complexity index is 302. The number of hydrogen-bond donors (Lipinski definition) is 0. The molecular weight excluding hydrogens is 304 g/mol. The molecule has 0 aliphatic rings. The van der Waals surface area contributed by atoms with E-state index in [-0.39, 0.29) is 9.65 Å². The number of hydrogen-bond acceptors (Lipinski definition) is 0. The van der Waals surface area contributed by atoms with E-state index >= 15 is 0 Å². The van der Waals surface area contributed by atoms with Crippen LogP contribution in [0.15, 0.2) is 49.6 Å². The number of halogens is 2. The summed E-state index contributed by atoms with van der Waals surface area (Å²) in [5.74, 6) is 0. The van der Waals surface area contributed by atoms with Gasteiger partial charge in [-0.15, -0.1) is 13.2 Å². The van der Waals surface area contributed by atoms with E-state index in [9.17, 15) is 0 Å². The highest BCUT2D eigenvalue weighted by Gasteiger charge is 2.06. The zero-order valence-corrected chi connectivity index (χ0v) is 11.0. The van der Waals surface area contributed by atoms with Crippen LogP contribution in [0.1, 0.15) is 20.8 Å². The Hall–Kier alpha value is -0.340. The van der Waals surface area contributed by atoms with E-state index in [0.29, 0.717) is 0 Å². The molecule has 0 radical (unpaired) electrons. The van der Waals surface area contributed by atoms with Gasteiger partial charge in [0.1, 0.15) is 0 Å². The second-order valence-corrected chi connectivity index (χ2v) is 4.92. The molecule has 0 heterocycles. The van der Waals surface area contributed by atoms with Gasteiger partial charge in [-0.2, -0.15) is 0 Å². The lowest BCUT2D eigenvalue weighted by Crippen LogP contribution is -1.90. The fourth-order valence-electron chi connectivity index (χ4n) is 1.17. The molecule has 2 heteroatoms. The quantitative estimate of drug-likeness (QED) is 0.546. The molecule has 2 atom stereocenters. The van der Waals surface area contributed by atoms with Gasteiger partial charge in [-0.25, -0.2) is 0 Å². The molecule has 0 aromatic heterocycles. The van der Waals surface area contributed by atoms with Gasteiger partial charge in [0.15, 0.2) is 0 Å². The van der Waals surface area contributed by atoms with E-state index in [1.807, 2.05) is 18.2 Å². The lowest BCUT2D eigenvalue weighted by atomic mass is 10.1. The zero-order valence-electron chi connectivity index (χ0n) is 7.79. The Morgan fingerprint density at radius 2 is 1.43 bits per heavy atom. The van der Waals surface area contributed by atoms with E-state index < -0.39 is 0 Å². The third-order valence-corrected chi connectivity index (χ3v) is 3.77. The summed E-state index contributed by atoms with van der Waals surface area (Å²) in [5, 5.41) is 0. The van der Waals surface area contributed by atoms with Crippen molar-refractivity contribution >= 4 is 31.9 Å². The van der Waals surface area contributed by atoms with Crippen LogP contribution in [0.4, 0.5) is 0 Å². The van der Waals surface area contributed by atoms with Crippen molar-refractivity contribution in [2.45, 2.75) is 9.65 Å². The van der Waals surface area contributed by atoms with Crippen molar-refractivity contribution in [1.82, 2.24) is 0 Å². The van der Waals surface area contributed by atoms with Gasteiger partial charge in [-0.1, -0.05) is 68.3 Å². The van der Waals surface area contributed by atoms with Crippen molar-refractivity contribution in [3.05, 3.63) is 60.7 Å². The van der Waals surface area contributed by atoms with Crippen LogP contribution in [0, 0.1) is 0 Å². The van der Waals surface area contributed by atoms with Gasteiger partial charge < -0.3 is 0 Å². The van der Waals surface area contributed by atoms with E-state index in [2.05, 4.69) is 63.2 Å². The summed E-state index contributed by atoms with van der Waals surface area (Å²) in [6.45, 7) is 7.51. The van der Waals surface area contributed by atoms with Gasteiger partial charge in [0, 0.05) is 0 Å². The van der Waals surface area contributed by atoms with Crippen molar-refractivity contribution in [1.29, 1.82) is 0 Å². The Morgan fingerprint density at radius 1 is 1.00 bits per heavy atom. The van der Waals surface area contributed by atoms with Gasteiger partial charge in [-0.3, -0.25) is 0 Å². The van der Waals surface area contributed by atoms with Crippen LogP contribution in [0.25, 0.3) is 0 Å². The van der Waals surface area contributed by atoms with Crippen LogP contribution in [0.3, 0.4) is 0 Å². The zero-order chi connectivity index (χ0) is 10.6. The average molecular weight is 316 g/mol. The molecule has 0 aliphatic heterocycles. The van der Waals surface area contributed by atoms with Gasteiger partial charge in [-0.05, 0) is 11.1 Å². The third kappa shape index (κ3) is 2.82. The van der Waals surface area contributed by atoms with Gasteiger partial charge in [0.2, 0.25) is 0 Å². The molecule has 1 aromatic carbocycles. The molecule has 0 saturated carbocycles. The normalized spacial score (nSPS) is 14.4. The average Bonchev–Trinajstić information content (AvgIpc) is 2.27. The molecule has 0 nitrogen and oxygen atoms in total. The van der Waals surface area contributed by atoms with Crippen molar-refractivity contribution < 1.29 is 0 Å². The summed E-state index contributed by atoms with van der Waals surface area (Å²) in [5.41, 5.74) is 2.42. The second kappa shape index (κ2) is 5.52. The molecule has 0 fully saturated rings. The third-order valence-electron chi connectivity index (χ3n) is 1.96. The molecule has 74 valence electrons. The first-order valence-electron chi connectivity index (χ1n) is 4.32. The minimum absolute atomic E-state index is 0.215. The van der Waals surface area contributed by atoms with Crippen LogP contribution >= 0.6 is 31.9 Å². The maximum atomic E-state index is 3.75. The number of rotatable bonds is 4. The van der Waals surface area contributed by atoms with Crippen LogP contribution in [0.2, 0.25) is 0 Å². The summed E-state index contributed by atoms with van der Waals surface area (Å²) in [4.78, 5) is 0.430. The highest BCUT2D eigenvalue weighted by atomic mass is 79.9. The van der Waals surface area contributed by atoms with Crippen LogP contribution in [-0.4, -0.2) is 0 Å². The van der Waals surface area contributed by atoms with Crippen LogP contribution in [0.5, 0.6) is 0 Å². The minimum atomic E-state index is 0.215.